The first-order valence-electron chi connectivity index (χ1n) is 10.4. The minimum absolute atomic E-state index is 0.0395. The Morgan fingerprint density at radius 1 is 1.00 bits per heavy atom. The molecule has 3 rings (SSSR count). The number of nitrogens with zero attached hydrogens (tertiary/aromatic N) is 3. The molecule has 0 aliphatic heterocycles. The molecule has 0 saturated carbocycles. The lowest BCUT2D eigenvalue weighted by atomic mass is 10.1. The van der Waals surface area contributed by atoms with Gasteiger partial charge in [-0.2, -0.15) is 5.10 Å². The second-order valence-electron chi connectivity index (χ2n) is 7.54. The lowest BCUT2D eigenvalue weighted by Crippen LogP contribution is -2.32. The van der Waals surface area contributed by atoms with Crippen molar-refractivity contribution in [3.63, 3.8) is 0 Å². The van der Waals surface area contributed by atoms with E-state index in [9.17, 15) is 24.8 Å². The number of nitro groups is 1. The zero-order valence-corrected chi connectivity index (χ0v) is 19.0. The summed E-state index contributed by atoms with van der Waals surface area (Å²) in [5, 5.41) is 27.4. The van der Waals surface area contributed by atoms with Gasteiger partial charge >= 0.3 is 5.69 Å². The molecule has 0 atom stereocenters. The Bertz CT molecular complexity index is 1290. The van der Waals surface area contributed by atoms with Crippen molar-refractivity contribution in [2.45, 2.75) is 0 Å². The summed E-state index contributed by atoms with van der Waals surface area (Å²) in [5.74, 6) is -1.80. The van der Waals surface area contributed by atoms with E-state index in [0.717, 1.165) is 18.0 Å². The monoisotopic (exact) mass is 473 g/mol. The van der Waals surface area contributed by atoms with Crippen LogP contribution in [-0.4, -0.2) is 42.2 Å². The maximum Gasteiger partial charge on any atom is 0.311 e. The van der Waals surface area contributed by atoms with Crippen LogP contribution in [0, 0.1) is 10.1 Å². The summed E-state index contributed by atoms with van der Waals surface area (Å²) in [4.78, 5) is 37.7. The van der Waals surface area contributed by atoms with E-state index in [4.69, 9.17) is 0 Å². The predicted molar refractivity (Wildman–Crippen MR) is 133 cm³/mol. The Hall–Kier alpha value is -4.99. The number of hydrogen-bond donors (Lipinski definition) is 3. The molecule has 0 heterocycles. The number of anilines is 1. The number of hydrazone groups is 1. The number of carbonyl (C=O) groups excluding carboxylic acids is 2. The van der Waals surface area contributed by atoms with Gasteiger partial charge in [0.2, 0.25) is 5.75 Å². The van der Waals surface area contributed by atoms with Crippen molar-refractivity contribution in [3.8, 4) is 5.75 Å². The van der Waals surface area contributed by atoms with Gasteiger partial charge in [0.25, 0.3) is 11.8 Å². The van der Waals surface area contributed by atoms with Gasteiger partial charge in [0.1, 0.15) is 5.70 Å². The molecule has 0 radical (unpaired) electrons. The summed E-state index contributed by atoms with van der Waals surface area (Å²) in [5.41, 5.74) is 3.73. The molecule has 3 aromatic rings. The number of amides is 2. The molecule has 10 nitrogen and oxygen atoms in total. The van der Waals surface area contributed by atoms with E-state index in [0.29, 0.717) is 11.1 Å². The van der Waals surface area contributed by atoms with E-state index in [1.54, 1.807) is 42.5 Å². The lowest BCUT2D eigenvalue weighted by Gasteiger charge is -2.12. The van der Waals surface area contributed by atoms with Gasteiger partial charge in [0.15, 0.2) is 0 Å². The number of nitrogens with one attached hydrogen (secondary N) is 2. The topological polar surface area (TPSA) is 137 Å². The van der Waals surface area contributed by atoms with Crippen LogP contribution >= 0.6 is 0 Å². The molecule has 0 spiro atoms. The van der Waals surface area contributed by atoms with Gasteiger partial charge in [0.05, 0.1) is 11.1 Å². The first-order valence-corrected chi connectivity index (χ1v) is 10.4. The van der Waals surface area contributed by atoms with Crippen LogP contribution in [0.1, 0.15) is 21.5 Å². The van der Waals surface area contributed by atoms with Gasteiger partial charge in [-0.3, -0.25) is 19.7 Å². The lowest BCUT2D eigenvalue weighted by molar-refractivity contribution is -0.385. The number of rotatable bonds is 8. The highest BCUT2D eigenvalue weighted by Gasteiger charge is 2.16. The largest absolute Gasteiger partial charge is 0.502 e. The number of benzene rings is 3. The van der Waals surface area contributed by atoms with Gasteiger partial charge in [-0.05, 0) is 42.0 Å². The zero-order valence-electron chi connectivity index (χ0n) is 19.0. The fourth-order valence-electron chi connectivity index (χ4n) is 3.00. The molecular weight excluding hydrogens is 450 g/mol. The van der Waals surface area contributed by atoms with Crippen molar-refractivity contribution >= 4 is 35.5 Å². The van der Waals surface area contributed by atoms with Gasteiger partial charge < -0.3 is 15.3 Å². The molecule has 0 aromatic heterocycles. The Morgan fingerprint density at radius 2 is 1.69 bits per heavy atom. The number of aromatic hydroxyl groups is 1. The van der Waals surface area contributed by atoms with Crippen molar-refractivity contribution in [1.29, 1.82) is 0 Å². The first-order chi connectivity index (χ1) is 16.8. The summed E-state index contributed by atoms with van der Waals surface area (Å²) in [6.07, 6.45) is 2.57. The van der Waals surface area contributed by atoms with Gasteiger partial charge in [-0.25, -0.2) is 5.43 Å². The molecule has 0 fully saturated rings. The molecule has 2 amide bonds. The van der Waals surface area contributed by atoms with Gasteiger partial charge in [-0.1, -0.05) is 36.4 Å². The predicted octanol–water partition coefficient (Wildman–Crippen LogP) is 3.29. The molecule has 0 aliphatic rings. The maximum absolute atomic E-state index is 12.9. The highest BCUT2D eigenvalue weighted by Crippen LogP contribution is 2.27. The summed E-state index contributed by atoms with van der Waals surface area (Å²) < 4.78 is 0. The number of hydrogen-bond acceptors (Lipinski definition) is 7. The smallest absolute Gasteiger partial charge is 0.311 e. The molecular formula is C25H23N5O5. The van der Waals surface area contributed by atoms with Gasteiger partial charge in [-0.15, -0.1) is 0 Å². The molecule has 10 heteroatoms. The summed E-state index contributed by atoms with van der Waals surface area (Å²) in [7, 11) is 3.81. The van der Waals surface area contributed by atoms with Crippen LogP contribution in [0.3, 0.4) is 0 Å². The Balaban J connectivity index is 1.84. The number of phenols is 1. The van der Waals surface area contributed by atoms with Gasteiger partial charge in [0, 0.05) is 37.0 Å². The maximum atomic E-state index is 12.9. The standard InChI is InChI=1S/C25H23N5O5/c1-29(2)20-13-11-17(12-14-20)15-21(27-24(32)18-7-4-3-5-8-18)25(33)28-26-16-19-9-6-10-22(23(19)31)30(34)35/h3-16,31H,1-2H3,(H,27,32)(H,28,33). The number of para-hydroxylation sites is 1. The second kappa shape index (κ2) is 11.2. The van der Waals surface area contributed by atoms with E-state index in [1.165, 1.54) is 18.2 Å². The molecule has 3 N–H and O–H groups in total. The van der Waals surface area contributed by atoms with E-state index < -0.39 is 28.2 Å². The number of phenolic OH excluding ortho intramolecular Hbond substituents is 1. The van der Waals surface area contributed by atoms with Crippen LogP contribution in [0.4, 0.5) is 11.4 Å². The number of nitro benzene ring substituents is 1. The normalized spacial score (nSPS) is 11.2. The van der Waals surface area contributed by atoms with Crippen LogP contribution in [-0.2, 0) is 4.79 Å². The van der Waals surface area contributed by atoms with Crippen molar-refractivity contribution < 1.29 is 19.6 Å². The summed E-state index contributed by atoms with van der Waals surface area (Å²) in [6, 6.07) is 19.6. The molecule has 35 heavy (non-hydrogen) atoms. The van der Waals surface area contributed by atoms with Crippen LogP contribution in [0.2, 0.25) is 0 Å². The molecule has 178 valence electrons. The Morgan fingerprint density at radius 3 is 2.31 bits per heavy atom. The molecule has 0 unspecified atom stereocenters. The van der Waals surface area contributed by atoms with E-state index in [2.05, 4.69) is 15.8 Å². The van der Waals surface area contributed by atoms with Crippen LogP contribution < -0.4 is 15.6 Å². The minimum Gasteiger partial charge on any atom is -0.502 e. The zero-order chi connectivity index (χ0) is 25.4. The Kier molecular flexibility index (Phi) is 7.91. The van der Waals surface area contributed by atoms with Crippen LogP contribution in [0.15, 0.2) is 83.6 Å². The first kappa shape index (κ1) is 24.6. The van der Waals surface area contributed by atoms with Crippen molar-refractivity contribution in [1.82, 2.24) is 10.7 Å². The number of carbonyl (C=O) groups is 2. The van der Waals surface area contributed by atoms with E-state index in [-0.39, 0.29) is 11.3 Å². The van der Waals surface area contributed by atoms with Crippen LogP contribution in [0.5, 0.6) is 5.75 Å². The van der Waals surface area contributed by atoms with Crippen molar-refractivity contribution in [2.24, 2.45) is 5.10 Å². The average molecular weight is 473 g/mol. The Labute approximate surface area is 201 Å². The third-order valence-electron chi connectivity index (χ3n) is 4.86. The fourth-order valence-corrected chi connectivity index (χ4v) is 3.00. The minimum atomic E-state index is -0.730. The highest BCUT2D eigenvalue weighted by atomic mass is 16.6. The molecule has 0 saturated heterocycles. The van der Waals surface area contributed by atoms with Crippen molar-refractivity contribution in [3.05, 3.63) is 105 Å². The third-order valence-corrected chi connectivity index (χ3v) is 4.86. The fraction of sp³-hybridized carbons (Fsp3) is 0.0800. The van der Waals surface area contributed by atoms with E-state index in [1.807, 2.05) is 31.1 Å². The molecule has 3 aromatic carbocycles. The molecule has 0 aliphatic carbocycles. The van der Waals surface area contributed by atoms with Crippen molar-refractivity contribution in [2.75, 3.05) is 19.0 Å². The highest BCUT2D eigenvalue weighted by molar-refractivity contribution is 6.05. The molecule has 0 bridgehead atoms. The summed E-state index contributed by atoms with van der Waals surface area (Å²) >= 11 is 0. The quantitative estimate of drug-likeness (QED) is 0.199. The summed E-state index contributed by atoms with van der Waals surface area (Å²) in [6.45, 7) is 0. The third kappa shape index (κ3) is 6.51. The van der Waals surface area contributed by atoms with E-state index >= 15 is 0 Å². The SMILES string of the molecule is CN(C)c1ccc(C=C(NC(=O)c2ccccc2)C(=O)NN=Cc2cccc([N+](=O)[O-])c2O)cc1. The second-order valence-corrected chi connectivity index (χ2v) is 7.54. The van der Waals surface area contributed by atoms with Crippen LogP contribution in [0.25, 0.3) is 6.08 Å². The average Bonchev–Trinajstić information content (AvgIpc) is 2.85.